The van der Waals surface area contributed by atoms with E-state index in [0.29, 0.717) is 18.2 Å². The molecule has 1 aliphatic carbocycles. The zero-order chi connectivity index (χ0) is 14.9. The number of rotatable bonds is 6. The number of carbonyl (C=O) groups is 1. The largest absolute Gasteiger partial charge is 0.350 e. The number of halogens is 1. The second-order valence-corrected chi connectivity index (χ2v) is 7.75. The highest BCUT2D eigenvalue weighted by Gasteiger charge is 2.36. The van der Waals surface area contributed by atoms with Gasteiger partial charge in [-0.25, -0.2) is 8.42 Å². The molecule has 0 spiro atoms. The number of amides is 1. The summed E-state index contributed by atoms with van der Waals surface area (Å²) >= 11 is 0. The minimum absolute atomic E-state index is 0.113. The molecule has 8 heteroatoms. The maximum atomic E-state index is 12.1. The van der Waals surface area contributed by atoms with Crippen LogP contribution in [0, 0.1) is 5.92 Å². The van der Waals surface area contributed by atoms with Gasteiger partial charge < -0.3 is 5.32 Å². The van der Waals surface area contributed by atoms with Crippen molar-refractivity contribution >= 4 is 25.6 Å². The molecule has 6 nitrogen and oxygen atoms in total. The number of H-pyrrole nitrogens is 1. The van der Waals surface area contributed by atoms with Crippen LogP contribution in [-0.4, -0.2) is 31.1 Å². The molecule has 1 aliphatic rings. The topological polar surface area (TPSA) is 91.9 Å². The van der Waals surface area contributed by atoms with Crippen LogP contribution in [0.1, 0.15) is 55.2 Å². The van der Waals surface area contributed by atoms with E-state index >= 15 is 0 Å². The third-order valence-corrected chi connectivity index (χ3v) is 4.86. The highest BCUT2D eigenvalue weighted by molar-refractivity contribution is 8.13. The maximum Gasteiger partial charge on any atom is 0.273 e. The third-order valence-electron chi connectivity index (χ3n) is 3.50. The smallest absolute Gasteiger partial charge is 0.273 e. The standard InChI is InChI=1S/C12H18ClN3O3S/c1-3-7(2)6-14-12(17)10-11(20(13,18)19)9(15-16-10)8-4-5-8/h7-8H,3-6H2,1-2H3,(H,14,17)(H,15,16). The van der Waals surface area contributed by atoms with E-state index in [0.717, 1.165) is 19.3 Å². The van der Waals surface area contributed by atoms with Crippen molar-refractivity contribution in [2.75, 3.05) is 6.54 Å². The fourth-order valence-corrected chi connectivity index (χ4v) is 3.20. The Morgan fingerprint density at radius 1 is 1.55 bits per heavy atom. The highest BCUT2D eigenvalue weighted by Crippen LogP contribution is 2.43. The predicted molar refractivity (Wildman–Crippen MR) is 75.4 cm³/mol. The van der Waals surface area contributed by atoms with E-state index in [1.807, 2.05) is 13.8 Å². The summed E-state index contributed by atoms with van der Waals surface area (Å²) in [7, 11) is 1.45. The molecule has 0 bridgehead atoms. The lowest BCUT2D eigenvalue weighted by molar-refractivity contribution is 0.0939. The molecular weight excluding hydrogens is 302 g/mol. The monoisotopic (exact) mass is 319 g/mol. The predicted octanol–water partition coefficient (Wildman–Crippen LogP) is 1.99. The lowest BCUT2D eigenvalue weighted by atomic mass is 10.1. The van der Waals surface area contributed by atoms with Crippen LogP contribution in [0.5, 0.6) is 0 Å². The number of hydrogen-bond donors (Lipinski definition) is 2. The van der Waals surface area contributed by atoms with Crippen molar-refractivity contribution in [2.45, 2.75) is 43.9 Å². The van der Waals surface area contributed by atoms with E-state index in [-0.39, 0.29) is 16.5 Å². The molecule has 1 aromatic heterocycles. The van der Waals surface area contributed by atoms with Crippen molar-refractivity contribution in [3.05, 3.63) is 11.4 Å². The Morgan fingerprint density at radius 2 is 2.20 bits per heavy atom. The van der Waals surface area contributed by atoms with Gasteiger partial charge in [0.1, 0.15) is 4.90 Å². The van der Waals surface area contributed by atoms with E-state index in [2.05, 4.69) is 15.5 Å². The molecule has 2 rings (SSSR count). The lowest BCUT2D eigenvalue weighted by Crippen LogP contribution is -2.29. The first-order chi connectivity index (χ1) is 9.34. The summed E-state index contributed by atoms with van der Waals surface area (Å²) in [6.07, 6.45) is 2.69. The van der Waals surface area contributed by atoms with Gasteiger partial charge in [0.25, 0.3) is 15.0 Å². The summed E-state index contributed by atoms with van der Waals surface area (Å²) in [5, 5.41) is 9.19. The Balaban J connectivity index is 2.25. The fourth-order valence-electron chi connectivity index (χ4n) is 1.89. The van der Waals surface area contributed by atoms with Gasteiger partial charge >= 0.3 is 0 Å². The number of nitrogens with zero attached hydrogens (tertiary/aromatic N) is 1. The summed E-state index contributed by atoms with van der Waals surface area (Å²) in [6, 6.07) is 0. The van der Waals surface area contributed by atoms with Gasteiger partial charge in [0.2, 0.25) is 0 Å². The van der Waals surface area contributed by atoms with Crippen LogP contribution in [0.25, 0.3) is 0 Å². The molecule has 112 valence electrons. The Hall–Kier alpha value is -1.08. The molecule has 1 saturated carbocycles. The second-order valence-electron chi connectivity index (χ2n) is 5.25. The van der Waals surface area contributed by atoms with Crippen molar-refractivity contribution in [1.82, 2.24) is 15.5 Å². The normalized spacial score (nSPS) is 16.9. The second kappa shape index (κ2) is 5.73. The van der Waals surface area contributed by atoms with Gasteiger partial charge in [-0.2, -0.15) is 5.10 Å². The molecule has 0 saturated heterocycles. The van der Waals surface area contributed by atoms with Gasteiger partial charge in [-0.1, -0.05) is 20.3 Å². The van der Waals surface area contributed by atoms with E-state index < -0.39 is 15.0 Å². The first kappa shape index (κ1) is 15.3. The summed E-state index contributed by atoms with van der Waals surface area (Å²) < 4.78 is 23.4. The molecule has 1 unspecified atom stereocenters. The minimum atomic E-state index is -4.00. The van der Waals surface area contributed by atoms with Crippen LogP contribution in [0.3, 0.4) is 0 Å². The van der Waals surface area contributed by atoms with Crippen molar-refractivity contribution in [1.29, 1.82) is 0 Å². The summed E-state index contributed by atoms with van der Waals surface area (Å²) in [5.74, 6) is -0.0772. The molecule has 0 radical (unpaired) electrons. The van der Waals surface area contributed by atoms with Crippen LogP contribution < -0.4 is 5.32 Å². The molecule has 2 N–H and O–H groups in total. The molecule has 0 aliphatic heterocycles. The number of aromatic amines is 1. The van der Waals surface area contributed by atoms with Crippen LogP contribution >= 0.6 is 10.7 Å². The summed E-state index contributed by atoms with van der Waals surface area (Å²) in [4.78, 5) is 11.9. The SMILES string of the molecule is CCC(C)CNC(=O)c1n[nH]c(C2CC2)c1S(=O)(=O)Cl. The average Bonchev–Trinajstić information content (AvgIpc) is 3.12. The van der Waals surface area contributed by atoms with Crippen LogP contribution in [0.15, 0.2) is 4.90 Å². The number of aromatic nitrogens is 2. The molecule has 0 aromatic carbocycles. The lowest BCUT2D eigenvalue weighted by Gasteiger charge is -2.09. The van der Waals surface area contributed by atoms with Gasteiger partial charge in [0, 0.05) is 23.1 Å². The molecule has 1 atom stereocenters. The number of hydrogen-bond acceptors (Lipinski definition) is 4. The molecule has 1 aromatic rings. The van der Waals surface area contributed by atoms with Crippen molar-refractivity contribution in [3.8, 4) is 0 Å². The highest BCUT2D eigenvalue weighted by atomic mass is 35.7. The average molecular weight is 320 g/mol. The Morgan fingerprint density at radius 3 is 2.70 bits per heavy atom. The van der Waals surface area contributed by atoms with E-state index in [1.54, 1.807) is 0 Å². The van der Waals surface area contributed by atoms with Gasteiger partial charge in [-0.3, -0.25) is 9.89 Å². The van der Waals surface area contributed by atoms with Crippen molar-refractivity contribution in [2.24, 2.45) is 5.92 Å². The molecule has 20 heavy (non-hydrogen) atoms. The molecule has 1 amide bonds. The molecular formula is C12H18ClN3O3S. The van der Waals surface area contributed by atoms with Crippen LogP contribution in [-0.2, 0) is 9.05 Å². The van der Waals surface area contributed by atoms with Gasteiger partial charge in [0.15, 0.2) is 5.69 Å². The quantitative estimate of drug-likeness (QED) is 0.784. The van der Waals surface area contributed by atoms with Crippen LogP contribution in [0.2, 0.25) is 0 Å². The number of carbonyl (C=O) groups excluding carboxylic acids is 1. The van der Waals surface area contributed by atoms with Gasteiger partial charge in [-0.05, 0) is 18.8 Å². The van der Waals surface area contributed by atoms with Crippen molar-refractivity contribution < 1.29 is 13.2 Å². The molecule has 1 heterocycles. The maximum absolute atomic E-state index is 12.1. The zero-order valence-electron chi connectivity index (χ0n) is 11.4. The third kappa shape index (κ3) is 3.32. The molecule has 1 fully saturated rings. The summed E-state index contributed by atoms with van der Waals surface area (Å²) in [5.41, 5.74) is 0.318. The number of nitrogens with one attached hydrogen (secondary N) is 2. The van der Waals surface area contributed by atoms with Crippen molar-refractivity contribution in [3.63, 3.8) is 0 Å². The van der Waals surface area contributed by atoms with Gasteiger partial charge in [-0.15, -0.1) is 0 Å². The minimum Gasteiger partial charge on any atom is -0.350 e. The van der Waals surface area contributed by atoms with Gasteiger partial charge in [0.05, 0.1) is 5.69 Å². The van der Waals surface area contributed by atoms with E-state index in [1.165, 1.54) is 0 Å². The zero-order valence-corrected chi connectivity index (χ0v) is 13.0. The summed E-state index contributed by atoms with van der Waals surface area (Å²) in [6.45, 7) is 4.49. The Bertz CT molecular complexity index is 607. The Kier molecular flexibility index (Phi) is 4.39. The first-order valence-electron chi connectivity index (χ1n) is 6.65. The van der Waals surface area contributed by atoms with Crippen LogP contribution in [0.4, 0.5) is 0 Å². The van der Waals surface area contributed by atoms with E-state index in [4.69, 9.17) is 10.7 Å². The van der Waals surface area contributed by atoms with E-state index in [9.17, 15) is 13.2 Å². The Labute approximate surface area is 122 Å². The first-order valence-corrected chi connectivity index (χ1v) is 8.96. The fraction of sp³-hybridized carbons (Fsp3) is 0.667.